The summed E-state index contributed by atoms with van der Waals surface area (Å²) in [6.07, 6.45) is 6.41. The lowest BCUT2D eigenvalue weighted by atomic mass is 10.1. The van der Waals surface area contributed by atoms with Crippen molar-refractivity contribution in [2.75, 3.05) is 19.0 Å². The maximum atomic E-state index is 12.1. The second-order valence-corrected chi connectivity index (χ2v) is 5.46. The monoisotopic (exact) mass is 337 g/mol. The summed E-state index contributed by atoms with van der Waals surface area (Å²) < 4.78 is 0. The van der Waals surface area contributed by atoms with Crippen LogP contribution >= 0.6 is 0 Å². The van der Waals surface area contributed by atoms with E-state index in [0.29, 0.717) is 5.71 Å². The second kappa shape index (κ2) is 7.96. The largest absolute Gasteiger partial charge is 0.378 e. The van der Waals surface area contributed by atoms with Crippen molar-refractivity contribution in [3.63, 3.8) is 0 Å². The number of benzene rings is 1. The van der Waals surface area contributed by atoms with E-state index < -0.39 is 0 Å². The Kier molecular flexibility index (Phi) is 5.73. The Morgan fingerprint density at radius 2 is 1.84 bits per heavy atom. The highest BCUT2D eigenvalue weighted by molar-refractivity contribution is 6.21. The number of hydrogen-bond donors (Lipinski definition) is 1. The smallest absolute Gasteiger partial charge is 0.229 e. The lowest BCUT2D eigenvalue weighted by molar-refractivity contribution is -0.125. The number of anilines is 1. The van der Waals surface area contributed by atoms with Crippen LogP contribution in [0.2, 0.25) is 0 Å². The molecule has 0 radical (unpaired) electrons. The Labute approximate surface area is 146 Å². The molecule has 25 heavy (non-hydrogen) atoms. The van der Waals surface area contributed by atoms with Gasteiger partial charge in [-0.05, 0) is 42.5 Å². The quantitative estimate of drug-likeness (QED) is 0.508. The molecule has 1 aromatic carbocycles. The molecule has 0 saturated heterocycles. The van der Waals surface area contributed by atoms with Crippen LogP contribution in [-0.2, 0) is 9.59 Å². The first-order valence-electron chi connectivity index (χ1n) is 7.54. The molecule has 0 fully saturated rings. The molecule has 0 spiro atoms. The number of nitrogens with zero attached hydrogens (tertiary/aromatic N) is 4. The third-order valence-corrected chi connectivity index (χ3v) is 3.42. The van der Waals surface area contributed by atoms with Crippen LogP contribution in [0.3, 0.4) is 0 Å². The van der Waals surface area contributed by atoms with Gasteiger partial charge in [-0.1, -0.05) is 0 Å². The molecule has 1 N–H and O–H groups in total. The Balaban J connectivity index is 2.35. The molecule has 0 atom stereocenters. The number of hydrogen-bond acceptors (Lipinski definition) is 5. The number of carbonyl (C=O) groups excluding carboxylic acids is 2. The average Bonchev–Trinajstić information content (AvgIpc) is 2.58. The fourth-order valence-corrected chi connectivity index (χ4v) is 2.15. The second-order valence-electron chi connectivity index (χ2n) is 5.46. The van der Waals surface area contributed by atoms with Crippen molar-refractivity contribution < 1.29 is 9.59 Å². The lowest BCUT2D eigenvalue weighted by Gasteiger charge is -2.19. The summed E-state index contributed by atoms with van der Waals surface area (Å²) in [5.74, 6) is -0.705. The zero-order valence-corrected chi connectivity index (χ0v) is 14.3. The number of ketones is 1. The van der Waals surface area contributed by atoms with E-state index in [9.17, 15) is 9.59 Å². The summed E-state index contributed by atoms with van der Waals surface area (Å²) in [5.41, 5.74) is 2.48. The Morgan fingerprint density at radius 1 is 1.16 bits per heavy atom. The number of carbonyl (C=O) groups is 2. The van der Waals surface area contributed by atoms with Crippen molar-refractivity contribution in [3.05, 3.63) is 48.2 Å². The van der Waals surface area contributed by atoms with E-state index in [1.165, 1.54) is 19.1 Å². The molecule has 7 nitrogen and oxygen atoms in total. The van der Waals surface area contributed by atoms with Crippen molar-refractivity contribution in [2.45, 2.75) is 6.92 Å². The van der Waals surface area contributed by atoms with Crippen LogP contribution in [-0.4, -0.2) is 49.1 Å². The maximum absolute atomic E-state index is 12.1. The van der Waals surface area contributed by atoms with Gasteiger partial charge in [0.05, 0.1) is 17.1 Å². The molecule has 0 unspecified atom stereocenters. The Hall–Kier alpha value is -3.35. The van der Waals surface area contributed by atoms with Gasteiger partial charge in [-0.2, -0.15) is 0 Å². The summed E-state index contributed by atoms with van der Waals surface area (Å²) in [5, 5.41) is 6.93. The van der Waals surface area contributed by atoms with E-state index in [-0.39, 0.29) is 17.4 Å². The molecule has 1 amide bonds. The minimum atomic E-state index is -0.379. The van der Waals surface area contributed by atoms with Gasteiger partial charge in [0, 0.05) is 26.7 Å². The van der Waals surface area contributed by atoms with Gasteiger partial charge in [0.1, 0.15) is 12.7 Å². The standard InChI is InChI=1S/C18H19N5O2/c1-13(24)23(12-20-11-19)17-10-15(6-9-18(17)25)21-14-4-7-16(8-5-14)22(2)3/h4-12,19H,1-3H3. The first kappa shape index (κ1) is 18.0. The SMILES string of the molecule is CC(=O)N(C=NC=N)C1=CC(=Nc2ccc(N(C)C)cc2)C=CC1=O. The van der Waals surface area contributed by atoms with Crippen LogP contribution < -0.4 is 4.90 Å². The molecule has 7 heteroatoms. The molecule has 0 bridgehead atoms. The molecule has 1 aliphatic rings. The topological polar surface area (TPSA) is 89.2 Å². The van der Waals surface area contributed by atoms with Gasteiger partial charge in [0.15, 0.2) is 0 Å². The van der Waals surface area contributed by atoms with E-state index in [1.807, 2.05) is 43.3 Å². The molecule has 1 aromatic rings. The zero-order valence-electron chi connectivity index (χ0n) is 14.3. The van der Waals surface area contributed by atoms with Crippen molar-refractivity contribution in [3.8, 4) is 0 Å². The molecule has 0 aromatic heterocycles. The molecule has 1 aliphatic carbocycles. The van der Waals surface area contributed by atoms with Crippen molar-refractivity contribution in [2.24, 2.45) is 9.98 Å². The summed E-state index contributed by atoms with van der Waals surface area (Å²) in [4.78, 5) is 35.0. The number of allylic oxidation sites excluding steroid dienone is 3. The Morgan fingerprint density at radius 3 is 2.40 bits per heavy atom. The Bertz CT molecular complexity index is 801. The third kappa shape index (κ3) is 4.57. The molecule has 0 heterocycles. The van der Waals surface area contributed by atoms with Crippen LogP contribution in [0.15, 0.2) is 58.2 Å². The van der Waals surface area contributed by atoms with Crippen molar-refractivity contribution in [1.29, 1.82) is 5.41 Å². The number of aliphatic imine (C=N–C) groups is 2. The highest BCUT2D eigenvalue weighted by Crippen LogP contribution is 2.20. The molecule has 0 saturated carbocycles. The zero-order chi connectivity index (χ0) is 18.4. The minimum absolute atomic E-state index is 0.143. The van der Waals surface area contributed by atoms with Gasteiger partial charge in [-0.25, -0.2) is 9.98 Å². The van der Waals surface area contributed by atoms with Crippen molar-refractivity contribution >= 4 is 41.5 Å². The van der Waals surface area contributed by atoms with Gasteiger partial charge in [0.2, 0.25) is 11.7 Å². The van der Waals surface area contributed by atoms with Crippen LogP contribution in [0.5, 0.6) is 0 Å². The number of nitrogens with one attached hydrogen (secondary N) is 1. The molecular formula is C18H19N5O2. The first-order valence-corrected chi connectivity index (χ1v) is 7.54. The van der Waals surface area contributed by atoms with E-state index in [4.69, 9.17) is 5.41 Å². The van der Waals surface area contributed by atoms with Gasteiger partial charge in [-0.3, -0.25) is 19.9 Å². The predicted molar refractivity (Wildman–Crippen MR) is 99.9 cm³/mol. The van der Waals surface area contributed by atoms with E-state index in [0.717, 1.165) is 29.0 Å². The van der Waals surface area contributed by atoms with Crippen LogP contribution in [0.4, 0.5) is 11.4 Å². The summed E-state index contributed by atoms with van der Waals surface area (Å²) in [7, 11) is 3.91. The third-order valence-electron chi connectivity index (χ3n) is 3.42. The van der Waals surface area contributed by atoms with Gasteiger partial charge in [0.25, 0.3) is 0 Å². The molecule has 2 rings (SSSR count). The highest BCUT2D eigenvalue weighted by atomic mass is 16.2. The van der Waals surface area contributed by atoms with Gasteiger partial charge < -0.3 is 4.90 Å². The maximum Gasteiger partial charge on any atom is 0.229 e. The first-order chi connectivity index (χ1) is 11.9. The average molecular weight is 337 g/mol. The fraction of sp³-hybridized carbons (Fsp3) is 0.167. The predicted octanol–water partition coefficient (Wildman–Crippen LogP) is 2.33. The molecule has 0 aliphatic heterocycles. The summed E-state index contributed by atoms with van der Waals surface area (Å²) in [6, 6.07) is 7.64. The number of rotatable bonds is 5. The number of amides is 1. The van der Waals surface area contributed by atoms with E-state index >= 15 is 0 Å². The van der Waals surface area contributed by atoms with Crippen LogP contribution in [0.25, 0.3) is 0 Å². The van der Waals surface area contributed by atoms with Crippen LogP contribution in [0.1, 0.15) is 6.92 Å². The molecule has 128 valence electrons. The van der Waals surface area contributed by atoms with E-state index in [1.54, 1.807) is 6.08 Å². The fourth-order valence-electron chi connectivity index (χ4n) is 2.15. The minimum Gasteiger partial charge on any atom is -0.378 e. The van der Waals surface area contributed by atoms with Crippen LogP contribution in [0, 0.1) is 5.41 Å². The summed E-state index contributed by atoms with van der Waals surface area (Å²) in [6.45, 7) is 1.32. The van der Waals surface area contributed by atoms with E-state index in [2.05, 4.69) is 9.98 Å². The van der Waals surface area contributed by atoms with Gasteiger partial charge in [-0.15, -0.1) is 0 Å². The normalized spacial score (nSPS) is 15.4. The highest BCUT2D eigenvalue weighted by Gasteiger charge is 2.21. The molecular weight excluding hydrogens is 318 g/mol. The van der Waals surface area contributed by atoms with Gasteiger partial charge >= 0.3 is 0 Å². The summed E-state index contributed by atoms with van der Waals surface area (Å²) >= 11 is 0. The lowest BCUT2D eigenvalue weighted by Crippen LogP contribution is -2.32. The van der Waals surface area contributed by atoms with Crippen molar-refractivity contribution in [1.82, 2.24) is 4.90 Å².